The average molecular weight is 322 g/mol. The van der Waals surface area contributed by atoms with E-state index in [9.17, 15) is 4.79 Å². The molecule has 2 aliphatic carbocycles. The summed E-state index contributed by atoms with van der Waals surface area (Å²) in [6.07, 6.45) is 7.57. The van der Waals surface area contributed by atoms with E-state index >= 15 is 0 Å². The molecule has 2 aromatic rings. The Kier molecular flexibility index (Phi) is 3.97. The number of carbonyl (C=O) groups is 1. The van der Waals surface area contributed by atoms with Crippen LogP contribution in [0.3, 0.4) is 0 Å². The highest BCUT2D eigenvalue weighted by Gasteiger charge is 2.26. The topological polar surface area (TPSA) is 51.2 Å². The number of ether oxygens (including phenoxy) is 1. The number of fused-ring (bicyclic) bond motifs is 2. The van der Waals surface area contributed by atoms with Crippen molar-refractivity contribution in [1.29, 1.82) is 0 Å². The molecule has 24 heavy (non-hydrogen) atoms. The second-order valence-corrected chi connectivity index (χ2v) is 6.55. The summed E-state index contributed by atoms with van der Waals surface area (Å²) in [6, 6.07) is 7.37. The number of pyridine rings is 1. The summed E-state index contributed by atoms with van der Waals surface area (Å²) in [7, 11) is 1.60. The van der Waals surface area contributed by atoms with Crippen molar-refractivity contribution in [1.82, 2.24) is 4.98 Å². The first-order valence-electron chi connectivity index (χ1n) is 8.76. The lowest BCUT2D eigenvalue weighted by Crippen LogP contribution is -2.19. The lowest BCUT2D eigenvalue weighted by Gasteiger charge is -2.22. The second-order valence-electron chi connectivity index (χ2n) is 6.55. The van der Waals surface area contributed by atoms with E-state index in [-0.39, 0.29) is 5.91 Å². The number of anilines is 1. The normalized spacial score (nSPS) is 15.5. The molecule has 0 fully saturated rings. The zero-order valence-corrected chi connectivity index (χ0v) is 14.0. The fourth-order valence-electron chi connectivity index (χ4n) is 3.91. The number of rotatable bonds is 3. The molecule has 0 aliphatic heterocycles. The minimum Gasteiger partial charge on any atom is -0.496 e. The van der Waals surface area contributed by atoms with Crippen LogP contribution in [0.2, 0.25) is 0 Å². The molecule has 1 aromatic carbocycles. The highest BCUT2D eigenvalue weighted by molar-refractivity contribution is 6.07. The van der Waals surface area contributed by atoms with Gasteiger partial charge in [-0.15, -0.1) is 0 Å². The van der Waals surface area contributed by atoms with Crippen LogP contribution in [0.1, 0.15) is 52.1 Å². The molecule has 0 saturated carbocycles. The van der Waals surface area contributed by atoms with E-state index in [4.69, 9.17) is 9.72 Å². The summed E-state index contributed by atoms with van der Waals surface area (Å²) in [6.45, 7) is 0. The van der Waals surface area contributed by atoms with Gasteiger partial charge in [-0.05, 0) is 68.2 Å². The van der Waals surface area contributed by atoms with Crippen molar-refractivity contribution < 1.29 is 9.53 Å². The number of para-hydroxylation sites is 1. The molecule has 1 amide bonds. The van der Waals surface area contributed by atoms with Crippen LogP contribution in [0.5, 0.6) is 5.75 Å². The van der Waals surface area contributed by atoms with Gasteiger partial charge in [-0.2, -0.15) is 0 Å². The molecule has 0 unspecified atom stereocenters. The van der Waals surface area contributed by atoms with Crippen LogP contribution in [-0.2, 0) is 25.7 Å². The Balaban J connectivity index is 1.74. The summed E-state index contributed by atoms with van der Waals surface area (Å²) in [5, 5.41) is 3.20. The molecule has 0 atom stereocenters. The SMILES string of the molecule is COc1ccccc1C(=O)Nc1c2c(nc3c1CCC3)CCCC2. The van der Waals surface area contributed by atoms with Gasteiger partial charge in [0.2, 0.25) is 0 Å². The number of aryl methyl sites for hydroxylation is 2. The number of nitrogens with one attached hydrogen (secondary N) is 1. The van der Waals surface area contributed by atoms with E-state index in [1.807, 2.05) is 24.3 Å². The third-order valence-corrected chi connectivity index (χ3v) is 5.09. The highest BCUT2D eigenvalue weighted by Crippen LogP contribution is 2.36. The van der Waals surface area contributed by atoms with Crippen LogP contribution in [0, 0.1) is 0 Å². The Morgan fingerprint density at radius 1 is 1.00 bits per heavy atom. The Labute approximate surface area is 142 Å². The number of aromatic nitrogens is 1. The summed E-state index contributed by atoms with van der Waals surface area (Å²) in [5.41, 5.74) is 6.49. The number of hydrogen-bond acceptors (Lipinski definition) is 3. The van der Waals surface area contributed by atoms with Crippen LogP contribution in [-0.4, -0.2) is 18.0 Å². The van der Waals surface area contributed by atoms with Gasteiger partial charge in [0.1, 0.15) is 5.75 Å². The largest absolute Gasteiger partial charge is 0.496 e. The molecule has 1 aromatic heterocycles. The molecule has 4 heteroatoms. The molecule has 0 bridgehead atoms. The van der Waals surface area contributed by atoms with E-state index in [1.165, 1.54) is 35.4 Å². The van der Waals surface area contributed by atoms with Crippen LogP contribution < -0.4 is 10.1 Å². The molecular weight excluding hydrogens is 300 g/mol. The molecule has 2 aliphatic rings. The van der Waals surface area contributed by atoms with Gasteiger partial charge in [0.15, 0.2) is 0 Å². The minimum atomic E-state index is -0.0967. The monoisotopic (exact) mass is 322 g/mol. The predicted octanol–water partition coefficient (Wildman–Crippen LogP) is 3.71. The van der Waals surface area contributed by atoms with Gasteiger partial charge in [0, 0.05) is 11.4 Å². The van der Waals surface area contributed by atoms with Crippen molar-refractivity contribution in [2.45, 2.75) is 44.9 Å². The number of carbonyl (C=O) groups excluding carboxylic acids is 1. The molecule has 124 valence electrons. The smallest absolute Gasteiger partial charge is 0.259 e. The minimum absolute atomic E-state index is 0.0967. The van der Waals surface area contributed by atoms with Crippen molar-refractivity contribution in [2.75, 3.05) is 12.4 Å². The lowest BCUT2D eigenvalue weighted by atomic mass is 9.92. The van der Waals surface area contributed by atoms with Gasteiger partial charge in [0.25, 0.3) is 5.91 Å². The van der Waals surface area contributed by atoms with Crippen molar-refractivity contribution >= 4 is 11.6 Å². The molecule has 0 radical (unpaired) electrons. The Morgan fingerprint density at radius 2 is 1.67 bits per heavy atom. The highest BCUT2D eigenvalue weighted by atomic mass is 16.5. The van der Waals surface area contributed by atoms with Crippen molar-refractivity contribution in [3.8, 4) is 5.75 Å². The predicted molar refractivity (Wildman–Crippen MR) is 93.9 cm³/mol. The molecule has 1 heterocycles. The summed E-state index contributed by atoms with van der Waals surface area (Å²) < 4.78 is 5.34. The third-order valence-electron chi connectivity index (χ3n) is 5.09. The summed E-state index contributed by atoms with van der Waals surface area (Å²) in [5.74, 6) is 0.509. The Morgan fingerprint density at radius 3 is 2.46 bits per heavy atom. The zero-order chi connectivity index (χ0) is 16.5. The van der Waals surface area contributed by atoms with Crippen molar-refractivity contribution in [3.05, 3.63) is 52.3 Å². The molecular formula is C20H22N2O2. The molecule has 4 nitrogen and oxygen atoms in total. The number of benzene rings is 1. The summed E-state index contributed by atoms with van der Waals surface area (Å²) in [4.78, 5) is 17.8. The zero-order valence-electron chi connectivity index (χ0n) is 14.0. The molecule has 0 saturated heterocycles. The van der Waals surface area contributed by atoms with Gasteiger partial charge in [-0.25, -0.2) is 0 Å². The number of amides is 1. The van der Waals surface area contributed by atoms with Gasteiger partial charge in [-0.3, -0.25) is 9.78 Å². The number of methoxy groups -OCH3 is 1. The number of nitrogens with zero attached hydrogens (tertiary/aromatic N) is 1. The molecule has 4 rings (SSSR count). The fourth-order valence-corrected chi connectivity index (χ4v) is 3.91. The van der Waals surface area contributed by atoms with E-state index in [0.717, 1.165) is 37.8 Å². The van der Waals surface area contributed by atoms with Crippen molar-refractivity contribution in [3.63, 3.8) is 0 Å². The van der Waals surface area contributed by atoms with E-state index < -0.39 is 0 Å². The van der Waals surface area contributed by atoms with Crippen LogP contribution in [0.25, 0.3) is 0 Å². The van der Waals surface area contributed by atoms with E-state index in [1.54, 1.807) is 7.11 Å². The Hall–Kier alpha value is -2.36. The first-order chi connectivity index (χ1) is 11.8. The van der Waals surface area contributed by atoms with Crippen LogP contribution >= 0.6 is 0 Å². The number of hydrogen-bond donors (Lipinski definition) is 1. The maximum absolute atomic E-state index is 12.9. The van der Waals surface area contributed by atoms with Gasteiger partial charge >= 0.3 is 0 Å². The summed E-state index contributed by atoms with van der Waals surface area (Å²) >= 11 is 0. The van der Waals surface area contributed by atoms with Crippen LogP contribution in [0.15, 0.2) is 24.3 Å². The quantitative estimate of drug-likeness (QED) is 0.937. The van der Waals surface area contributed by atoms with Gasteiger partial charge in [0.05, 0.1) is 18.4 Å². The maximum Gasteiger partial charge on any atom is 0.259 e. The average Bonchev–Trinajstić information content (AvgIpc) is 3.09. The molecule has 1 N–H and O–H groups in total. The van der Waals surface area contributed by atoms with E-state index in [2.05, 4.69) is 5.32 Å². The van der Waals surface area contributed by atoms with Crippen molar-refractivity contribution in [2.24, 2.45) is 0 Å². The first-order valence-corrected chi connectivity index (χ1v) is 8.76. The van der Waals surface area contributed by atoms with Crippen LogP contribution in [0.4, 0.5) is 5.69 Å². The van der Waals surface area contributed by atoms with Gasteiger partial charge in [-0.1, -0.05) is 12.1 Å². The second kappa shape index (κ2) is 6.27. The third kappa shape index (κ3) is 2.56. The standard InChI is InChI=1S/C20H22N2O2/c1-24-18-12-5-3-8-15(18)20(23)22-19-13-7-2-4-10-16(13)21-17-11-6-9-14(17)19/h3,5,8,12H,2,4,6-7,9-11H2,1H3,(H,21,22,23). The maximum atomic E-state index is 12.9. The lowest BCUT2D eigenvalue weighted by molar-refractivity contribution is 0.102. The van der Waals surface area contributed by atoms with E-state index in [0.29, 0.717) is 11.3 Å². The van der Waals surface area contributed by atoms with Gasteiger partial charge < -0.3 is 10.1 Å². The first kappa shape index (κ1) is 15.2. The fraction of sp³-hybridized carbons (Fsp3) is 0.400. The molecule has 0 spiro atoms. The Bertz CT molecular complexity index is 798.